The quantitative estimate of drug-likeness (QED) is 0.696. The van der Waals surface area contributed by atoms with Crippen molar-refractivity contribution in [3.05, 3.63) is 11.7 Å². The third kappa shape index (κ3) is 4.12. The fourth-order valence-electron chi connectivity index (χ4n) is 3.48. The summed E-state index contributed by atoms with van der Waals surface area (Å²) in [4.78, 5) is 45.9. The average Bonchev–Trinajstić information content (AvgIpc) is 3.16. The molecule has 3 heterocycles. The van der Waals surface area contributed by atoms with Crippen LogP contribution >= 0.6 is 0 Å². The van der Waals surface area contributed by atoms with E-state index in [2.05, 4.69) is 10.1 Å². The maximum absolute atomic E-state index is 12.7. The van der Waals surface area contributed by atoms with Gasteiger partial charge in [0, 0.05) is 38.6 Å². The summed E-state index contributed by atoms with van der Waals surface area (Å²) < 4.78 is 5.38. The fourth-order valence-corrected chi connectivity index (χ4v) is 3.48. The van der Waals surface area contributed by atoms with Gasteiger partial charge in [-0.15, -0.1) is 0 Å². The van der Waals surface area contributed by atoms with Crippen molar-refractivity contribution < 1.29 is 18.9 Å². The fraction of sp³-hybridized carbons (Fsp3) is 0.722. The molecule has 2 fully saturated rings. The normalized spacial score (nSPS) is 21.3. The second kappa shape index (κ2) is 8.06. The Morgan fingerprint density at radius 3 is 2.56 bits per heavy atom. The Bertz CT molecular complexity index is 716. The Morgan fingerprint density at radius 2 is 1.89 bits per heavy atom. The summed E-state index contributed by atoms with van der Waals surface area (Å²) in [5.74, 6) is 0.175. The van der Waals surface area contributed by atoms with Crippen molar-refractivity contribution in [2.24, 2.45) is 0 Å². The Hall–Kier alpha value is -2.45. The molecule has 0 radical (unpaired) electrons. The second-order valence-corrected chi connectivity index (χ2v) is 7.44. The molecule has 3 amide bonds. The number of carbonyl (C=O) groups excluding carboxylic acids is 3. The maximum atomic E-state index is 12.7. The zero-order valence-electron chi connectivity index (χ0n) is 16.2. The summed E-state index contributed by atoms with van der Waals surface area (Å²) in [7, 11) is 0. The zero-order valence-corrected chi connectivity index (χ0v) is 16.2. The molecule has 0 spiro atoms. The first-order valence-electron chi connectivity index (χ1n) is 9.60. The SMILES string of the molecule is CCN1CCN(CC(=O)N2CCC[C@@H](c3nc(C(C)C)no3)C2)C(=O)C1=O. The number of likely N-dealkylation sites (N-methyl/N-ethyl adjacent to an activating group) is 1. The molecule has 0 N–H and O–H groups in total. The molecule has 0 aromatic carbocycles. The number of likely N-dealkylation sites (tertiary alicyclic amines) is 1. The van der Waals surface area contributed by atoms with E-state index in [-0.39, 0.29) is 24.3 Å². The molecule has 2 aliphatic heterocycles. The van der Waals surface area contributed by atoms with Crippen LogP contribution in [-0.4, -0.2) is 81.8 Å². The van der Waals surface area contributed by atoms with Gasteiger partial charge in [-0.25, -0.2) is 0 Å². The molecular formula is C18H27N5O4. The maximum Gasteiger partial charge on any atom is 0.312 e. The highest BCUT2D eigenvalue weighted by Gasteiger charge is 2.35. The van der Waals surface area contributed by atoms with Gasteiger partial charge in [0.2, 0.25) is 11.8 Å². The van der Waals surface area contributed by atoms with Crippen molar-refractivity contribution in [2.75, 3.05) is 39.3 Å². The Morgan fingerprint density at radius 1 is 1.19 bits per heavy atom. The van der Waals surface area contributed by atoms with Gasteiger partial charge in [-0.1, -0.05) is 19.0 Å². The highest BCUT2D eigenvalue weighted by atomic mass is 16.5. The number of rotatable bonds is 5. The summed E-state index contributed by atoms with van der Waals surface area (Å²) >= 11 is 0. The summed E-state index contributed by atoms with van der Waals surface area (Å²) in [5, 5.41) is 4.00. The summed E-state index contributed by atoms with van der Waals surface area (Å²) in [6.45, 7) is 8.28. The van der Waals surface area contributed by atoms with Crippen LogP contribution in [-0.2, 0) is 14.4 Å². The first-order chi connectivity index (χ1) is 12.9. The minimum Gasteiger partial charge on any atom is -0.340 e. The Balaban J connectivity index is 1.60. The molecule has 2 aliphatic rings. The minimum absolute atomic E-state index is 0.0111. The number of piperazine rings is 1. The van der Waals surface area contributed by atoms with E-state index in [1.54, 1.807) is 4.90 Å². The first-order valence-corrected chi connectivity index (χ1v) is 9.60. The summed E-state index contributed by atoms with van der Waals surface area (Å²) in [6.07, 6.45) is 1.72. The first kappa shape index (κ1) is 19.3. The highest BCUT2D eigenvalue weighted by molar-refractivity contribution is 6.35. The summed E-state index contributed by atoms with van der Waals surface area (Å²) in [5.41, 5.74) is 0. The number of amides is 3. The predicted molar refractivity (Wildman–Crippen MR) is 95.8 cm³/mol. The van der Waals surface area contributed by atoms with Crippen molar-refractivity contribution >= 4 is 17.7 Å². The Labute approximate surface area is 158 Å². The molecule has 0 saturated carbocycles. The average molecular weight is 377 g/mol. The standard InChI is InChI=1S/C18H27N5O4/c1-4-21-8-9-23(18(26)17(21)25)11-14(24)22-7-5-6-13(10-22)16-19-15(12(2)3)20-27-16/h12-13H,4-11H2,1-3H3/t13-/m1/s1. The van der Waals surface area contributed by atoms with E-state index in [4.69, 9.17) is 4.52 Å². The molecule has 1 aromatic rings. The van der Waals surface area contributed by atoms with Gasteiger partial charge in [-0.05, 0) is 19.8 Å². The van der Waals surface area contributed by atoms with Gasteiger partial charge in [0.25, 0.3) is 0 Å². The number of hydrogen-bond donors (Lipinski definition) is 0. The second-order valence-electron chi connectivity index (χ2n) is 7.44. The van der Waals surface area contributed by atoms with Crippen LogP contribution in [0.4, 0.5) is 0 Å². The third-order valence-corrected chi connectivity index (χ3v) is 5.20. The molecule has 9 heteroatoms. The van der Waals surface area contributed by atoms with E-state index < -0.39 is 11.8 Å². The van der Waals surface area contributed by atoms with Crippen LogP contribution in [0.2, 0.25) is 0 Å². The zero-order chi connectivity index (χ0) is 19.6. The molecule has 0 aliphatic carbocycles. The van der Waals surface area contributed by atoms with Gasteiger partial charge < -0.3 is 19.2 Å². The predicted octanol–water partition coefficient (Wildman–Crippen LogP) is 0.590. The van der Waals surface area contributed by atoms with Gasteiger partial charge in [-0.3, -0.25) is 14.4 Å². The van der Waals surface area contributed by atoms with E-state index in [9.17, 15) is 14.4 Å². The van der Waals surface area contributed by atoms with Crippen LogP contribution in [0, 0.1) is 0 Å². The number of nitrogens with zero attached hydrogens (tertiary/aromatic N) is 5. The van der Waals surface area contributed by atoms with Crippen molar-refractivity contribution in [2.45, 2.75) is 45.4 Å². The van der Waals surface area contributed by atoms with E-state index in [0.717, 1.165) is 12.8 Å². The topological polar surface area (TPSA) is 99.8 Å². The van der Waals surface area contributed by atoms with Crippen molar-refractivity contribution in [1.82, 2.24) is 24.8 Å². The van der Waals surface area contributed by atoms with E-state index >= 15 is 0 Å². The van der Waals surface area contributed by atoms with Crippen LogP contribution in [0.15, 0.2) is 4.52 Å². The van der Waals surface area contributed by atoms with Crippen molar-refractivity contribution in [1.29, 1.82) is 0 Å². The van der Waals surface area contributed by atoms with Crippen molar-refractivity contribution in [3.63, 3.8) is 0 Å². The lowest BCUT2D eigenvalue weighted by molar-refractivity contribution is -0.157. The molecule has 2 saturated heterocycles. The number of piperidine rings is 1. The van der Waals surface area contributed by atoms with Crippen LogP contribution in [0.5, 0.6) is 0 Å². The van der Waals surface area contributed by atoms with E-state index in [1.807, 2.05) is 20.8 Å². The minimum atomic E-state index is -0.594. The van der Waals surface area contributed by atoms with Gasteiger partial charge in [-0.2, -0.15) is 4.98 Å². The molecule has 9 nitrogen and oxygen atoms in total. The highest BCUT2D eigenvalue weighted by Crippen LogP contribution is 2.27. The van der Waals surface area contributed by atoms with Gasteiger partial charge in [0.05, 0.1) is 5.92 Å². The van der Waals surface area contributed by atoms with Crippen LogP contribution in [0.25, 0.3) is 0 Å². The molecule has 0 unspecified atom stereocenters. The van der Waals surface area contributed by atoms with Gasteiger partial charge in [0.15, 0.2) is 5.82 Å². The van der Waals surface area contributed by atoms with Crippen LogP contribution in [0.3, 0.4) is 0 Å². The lowest BCUT2D eigenvalue weighted by Gasteiger charge is -2.36. The third-order valence-electron chi connectivity index (χ3n) is 5.20. The van der Waals surface area contributed by atoms with E-state index in [1.165, 1.54) is 9.80 Å². The number of carbonyl (C=O) groups is 3. The van der Waals surface area contributed by atoms with Crippen molar-refractivity contribution in [3.8, 4) is 0 Å². The van der Waals surface area contributed by atoms with Crippen LogP contribution < -0.4 is 0 Å². The molecule has 148 valence electrons. The Kier molecular flexibility index (Phi) is 5.76. The molecule has 1 atom stereocenters. The number of hydrogen-bond acceptors (Lipinski definition) is 6. The van der Waals surface area contributed by atoms with Gasteiger partial charge in [0.1, 0.15) is 6.54 Å². The molecule has 27 heavy (non-hydrogen) atoms. The molecule has 3 rings (SSSR count). The molecule has 0 bridgehead atoms. The molecular weight excluding hydrogens is 350 g/mol. The summed E-state index contributed by atoms with van der Waals surface area (Å²) in [6, 6.07) is 0. The lowest BCUT2D eigenvalue weighted by Crippen LogP contribution is -2.56. The monoisotopic (exact) mass is 377 g/mol. The lowest BCUT2D eigenvalue weighted by atomic mass is 9.98. The van der Waals surface area contributed by atoms with Crippen LogP contribution in [0.1, 0.15) is 57.2 Å². The largest absolute Gasteiger partial charge is 0.340 e. The van der Waals surface area contributed by atoms with E-state index in [0.29, 0.717) is 44.4 Å². The smallest absolute Gasteiger partial charge is 0.312 e. The molecule has 1 aromatic heterocycles. The number of aromatic nitrogens is 2. The van der Waals surface area contributed by atoms with Gasteiger partial charge >= 0.3 is 11.8 Å².